The summed E-state index contributed by atoms with van der Waals surface area (Å²) in [4.78, 5) is 11.3. The quantitative estimate of drug-likeness (QED) is 0.593. The molecule has 0 aliphatic carbocycles. The van der Waals surface area contributed by atoms with Gasteiger partial charge in [0.15, 0.2) is 17.4 Å². The van der Waals surface area contributed by atoms with Gasteiger partial charge >= 0.3 is 12.3 Å². The summed E-state index contributed by atoms with van der Waals surface area (Å²) in [5.41, 5.74) is -0.306. The summed E-state index contributed by atoms with van der Waals surface area (Å²) in [7, 11) is 0. The van der Waals surface area contributed by atoms with Gasteiger partial charge in [-0.2, -0.15) is 8.78 Å². The minimum absolute atomic E-state index is 0.306. The van der Waals surface area contributed by atoms with E-state index in [1.807, 2.05) is 0 Å². The third kappa shape index (κ3) is 4.23. The predicted octanol–water partition coefficient (Wildman–Crippen LogP) is 3.06. The number of benzene rings is 1. The van der Waals surface area contributed by atoms with Gasteiger partial charge in [0.2, 0.25) is 0 Å². The van der Waals surface area contributed by atoms with Crippen molar-refractivity contribution in [2.75, 3.05) is 13.2 Å². The molecule has 1 rings (SSSR count). The summed E-state index contributed by atoms with van der Waals surface area (Å²) < 4.78 is 77.8. The van der Waals surface area contributed by atoms with E-state index in [4.69, 9.17) is 0 Å². The Kier molecular flexibility index (Phi) is 4.93. The van der Waals surface area contributed by atoms with Gasteiger partial charge in [0.1, 0.15) is 13.2 Å². The van der Waals surface area contributed by atoms with Crippen LogP contribution in [-0.4, -0.2) is 31.3 Å². The van der Waals surface area contributed by atoms with Gasteiger partial charge < -0.3 is 4.74 Å². The predicted molar refractivity (Wildman–Crippen MR) is 52.5 cm³/mol. The molecule has 0 radical (unpaired) electrons. The highest BCUT2D eigenvalue weighted by molar-refractivity contribution is 5.97. The van der Waals surface area contributed by atoms with Gasteiger partial charge in [0.05, 0.1) is 0 Å². The van der Waals surface area contributed by atoms with Crippen molar-refractivity contribution in [2.45, 2.75) is 12.3 Å². The van der Waals surface area contributed by atoms with Crippen LogP contribution in [0.25, 0.3) is 0 Å². The van der Waals surface area contributed by atoms with Crippen LogP contribution in [-0.2, 0) is 4.74 Å². The molecule has 0 atom stereocenters. The molecule has 0 fully saturated rings. The molecule has 0 saturated heterocycles. The number of ketones is 1. The van der Waals surface area contributed by atoms with Crippen molar-refractivity contribution >= 4 is 5.78 Å². The van der Waals surface area contributed by atoms with Crippen LogP contribution in [0.15, 0.2) is 18.2 Å². The number of hydrogen-bond donors (Lipinski definition) is 0. The summed E-state index contributed by atoms with van der Waals surface area (Å²) >= 11 is 0. The maximum atomic E-state index is 12.8. The van der Waals surface area contributed by atoms with Crippen LogP contribution in [0, 0.1) is 11.6 Å². The van der Waals surface area contributed by atoms with Crippen molar-refractivity contribution < 1.29 is 35.9 Å². The van der Waals surface area contributed by atoms with E-state index >= 15 is 0 Å². The molecule has 0 aliphatic heterocycles. The highest BCUT2D eigenvalue weighted by atomic mass is 19.3. The summed E-state index contributed by atoms with van der Waals surface area (Å²) in [6, 6.07) is 2.16. The number of carbonyl (C=O) groups is 1. The van der Waals surface area contributed by atoms with E-state index in [0.717, 1.165) is 6.07 Å². The zero-order chi connectivity index (χ0) is 14.6. The molecular formula is C11H8F6O2. The fourth-order valence-corrected chi connectivity index (χ4v) is 1.10. The second kappa shape index (κ2) is 6.05. The zero-order valence-electron chi connectivity index (χ0n) is 9.31. The third-order valence-electron chi connectivity index (χ3n) is 2.09. The van der Waals surface area contributed by atoms with Gasteiger partial charge in [-0.25, -0.2) is 17.6 Å². The molecule has 8 heteroatoms. The molecule has 0 heterocycles. The summed E-state index contributed by atoms with van der Waals surface area (Å²) in [6.07, 6.45) is -3.91. The lowest BCUT2D eigenvalue weighted by atomic mass is 10.1. The summed E-state index contributed by atoms with van der Waals surface area (Å²) in [5.74, 6) is -7.76. The number of rotatable bonds is 6. The van der Waals surface area contributed by atoms with E-state index in [-0.39, 0.29) is 5.56 Å². The number of hydrogen-bond acceptors (Lipinski definition) is 2. The molecule has 0 bridgehead atoms. The van der Waals surface area contributed by atoms with Crippen LogP contribution in [0.5, 0.6) is 0 Å². The maximum absolute atomic E-state index is 12.8. The van der Waals surface area contributed by atoms with E-state index in [1.54, 1.807) is 0 Å². The molecule has 0 saturated carbocycles. The second-order valence-corrected chi connectivity index (χ2v) is 3.61. The number of Topliss-reactive ketones (excluding diaryl/α,β-unsaturated/α-hetero) is 1. The van der Waals surface area contributed by atoms with Crippen molar-refractivity contribution in [2.24, 2.45) is 0 Å². The van der Waals surface area contributed by atoms with Gasteiger partial charge in [0.25, 0.3) is 0 Å². The molecule has 106 valence electrons. The summed E-state index contributed by atoms with van der Waals surface area (Å²) in [6.45, 7) is -2.58. The molecule has 0 amide bonds. The Labute approximate surface area is 104 Å². The molecule has 0 aliphatic rings. The molecule has 2 nitrogen and oxygen atoms in total. The zero-order valence-corrected chi connectivity index (χ0v) is 9.31. The van der Waals surface area contributed by atoms with Crippen LogP contribution >= 0.6 is 0 Å². The molecule has 0 spiro atoms. The van der Waals surface area contributed by atoms with Crippen LogP contribution < -0.4 is 0 Å². The van der Waals surface area contributed by atoms with Gasteiger partial charge in [0, 0.05) is 5.56 Å². The van der Waals surface area contributed by atoms with E-state index < -0.39 is 43.0 Å². The first kappa shape index (κ1) is 15.5. The van der Waals surface area contributed by atoms with Gasteiger partial charge in [-0.3, -0.25) is 4.79 Å². The fraction of sp³-hybridized carbons (Fsp3) is 0.364. The van der Waals surface area contributed by atoms with Gasteiger partial charge in [-0.05, 0) is 18.2 Å². The number of alkyl halides is 4. The lowest BCUT2D eigenvalue weighted by molar-refractivity contribution is -0.163. The number of halogens is 6. The van der Waals surface area contributed by atoms with Crippen molar-refractivity contribution in [3.05, 3.63) is 35.4 Å². The smallest absolute Gasteiger partial charge is 0.330 e. The minimum atomic E-state index is -4.37. The Morgan fingerprint density at radius 3 is 2.37 bits per heavy atom. The Balaban J connectivity index is 2.54. The Hall–Kier alpha value is -1.57. The molecule has 0 N–H and O–H groups in total. The number of carbonyl (C=O) groups excluding carboxylic acids is 1. The lowest BCUT2D eigenvalue weighted by Crippen LogP contribution is -2.33. The Morgan fingerprint density at radius 1 is 1.21 bits per heavy atom. The lowest BCUT2D eigenvalue weighted by Gasteiger charge is -2.14. The van der Waals surface area contributed by atoms with E-state index in [0.29, 0.717) is 12.1 Å². The van der Waals surface area contributed by atoms with Crippen LogP contribution in [0.1, 0.15) is 10.4 Å². The topological polar surface area (TPSA) is 26.3 Å². The molecule has 0 unspecified atom stereocenters. The SMILES string of the molecule is O=C(COCC(F)(F)C(F)F)c1ccc(F)c(F)c1. The third-order valence-corrected chi connectivity index (χ3v) is 2.09. The number of ether oxygens (including phenoxy) is 1. The first-order valence-electron chi connectivity index (χ1n) is 4.96. The van der Waals surface area contributed by atoms with Crippen molar-refractivity contribution in [3.63, 3.8) is 0 Å². The standard InChI is InChI=1S/C11H8F6O2/c12-7-2-1-6(3-8(7)13)9(18)4-19-5-11(16,17)10(14)15/h1-3,10H,4-5H2. The largest absolute Gasteiger partial charge is 0.367 e. The molecule has 19 heavy (non-hydrogen) atoms. The average molecular weight is 286 g/mol. The molecule has 1 aromatic rings. The van der Waals surface area contributed by atoms with Crippen LogP contribution in [0.3, 0.4) is 0 Å². The highest BCUT2D eigenvalue weighted by Crippen LogP contribution is 2.22. The first-order chi connectivity index (χ1) is 8.74. The fourth-order valence-electron chi connectivity index (χ4n) is 1.10. The minimum Gasteiger partial charge on any atom is -0.367 e. The van der Waals surface area contributed by atoms with Crippen molar-refractivity contribution in [3.8, 4) is 0 Å². The first-order valence-corrected chi connectivity index (χ1v) is 4.96. The maximum Gasteiger partial charge on any atom is 0.330 e. The van der Waals surface area contributed by atoms with Crippen molar-refractivity contribution in [1.29, 1.82) is 0 Å². The molecular weight excluding hydrogens is 278 g/mol. The van der Waals surface area contributed by atoms with Gasteiger partial charge in [-0.15, -0.1) is 0 Å². The molecule has 0 aromatic heterocycles. The summed E-state index contributed by atoms with van der Waals surface area (Å²) in [5, 5.41) is 0. The van der Waals surface area contributed by atoms with Gasteiger partial charge in [-0.1, -0.05) is 0 Å². The van der Waals surface area contributed by atoms with E-state index in [2.05, 4.69) is 4.74 Å². The van der Waals surface area contributed by atoms with Crippen LogP contribution in [0.4, 0.5) is 26.3 Å². The van der Waals surface area contributed by atoms with E-state index in [1.165, 1.54) is 0 Å². The van der Waals surface area contributed by atoms with Crippen LogP contribution in [0.2, 0.25) is 0 Å². The second-order valence-electron chi connectivity index (χ2n) is 3.61. The average Bonchev–Trinajstić information content (AvgIpc) is 2.32. The van der Waals surface area contributed by atoms with Crippen molar-refractivity contribution in [1.82, 2.24) is 0 Å². The molecule has 1 aromatic carbocycles. The monoisotopic (exact) mass is 286 g/mol. The highest BCUT2D eigenvalue weighted by Gasteiger charge is 2.41. The Morgan fingerprint density at radius 2 is 1.84 bits per heavy atom. The van der Waals surface area contributed by atoms with E-state index in [9.17, 15) is 31.1 Å². The Bertz CT molecular complexity index is 460. The normalized spacial score (nSPS) is 11.9.